The molecule has 0 aliphatic carbocycles. The first-order valence-electron chi connectivity index (χ1n) is 7.99. The lowest BCUT2D eigenvalue weighted by Crippen LogP contribution is -2.27. The van der Waals surface area contributed by atoms with E-state index in [0.717, 1.165) is 0 Å². The molecule has 7 heteroatoms. The van der Waals surface area contributed by atoms with Gasteiger partial charge < -0.3 is 19.5 Å². The molecular formula is C19H20FNO5. The third kappa shape index (κ3) is 5.86. The van der Waals surface area contributed by atoms with E-state index in [4.69, 9.17) is 14.2 Å². The molecule has 0 saturated heterocycles. The average molecular weight is 361 g/mol. The second-order valence-electron chi connectivity index (χ2n) is 5.41. The summed E-state index contributed by atoms with van der Waals surface area (Å²) in [4.78, 5) is 23.9. The molecule has 0 aliphatic rings. The van der Waals surface area contributed by atoms with E-state index in [-0.39, 0.29) is 18.3 Å². The number of methoxy groups -OCH3 is 1. The van der Waals surface area contributed by atoms with Crippen LogP contribution in [0.5, 0.6) is 5.75 Å². The Labute approximate surface area is 150 Å². The number of anilines is 1. The molecule has 0 fully saturated rings. The first-order chi connectivity index (χ1) is 12.5. The van der Waals surface area contributed by atoms with Crippen LogP contribution in [0.3, 0.4) is 0 Å². The van der Waals surface area contributed by atoms with E-state index in [2.05, 4.69) is 5.32 Å². The smallest absolute Gasteiger partial charge is 0.347 e. The summed E-state index contributed by atoms with van der Waals surface area (Å²) >= 11 is 0. The number of hydrogen-bond donors (Lipinski definition) is 1. The molecule has 1 atom stereocenters. The van der Waals surface area contributed by atoms with Crippen molar-refractivity contribution in [1.29, 1.82) is 0 Å². The fourth-order valence-corrected chi connectivity index (χ4v) is 2.02. The Bertz CT molecular complexity index is 731. The summed E-state index contributed by atoms with van der Waals surface area (Å²) in [5, 5.41) is 2.66. The highest BCUT2D eigenvalue weighted by Crippen LogP contribution is 2.16. The molecule has 6 nitrogen and oxygen atoms in total. The number of rotatable bonds is 8. The highest BCUT2D eigenvalue weighted by Gasteiger charge is 2.16. The van der Waals surface area contributed by atoms with Gasteiger partial charge in [-0.1, -0.05) is 0 Å². The lowest BCUT2D eigenvalue weighted by Gasteiger charge is -2.14. The summed E-state index contributed by atoms with van der Waals surface area (Å²) < 4.78 is 28.1. The third-order valence-electron chi connectivity index (χ3n) is 3.40. The molecule has 1 unspecified atom stereocenters. The highest BCUT2D eigenvalue weighted by atomic mass is 19.1. The zero-order valence-corrected chi connectivity index (χ0v) is 14.5. The third-order valence-corrected chi connectivity index (χ3v) is 3.40. The van der Waals surface area contributed by atoms with E-state index in [1.807, 2.05) is 0 Å². The standard InChI is InChI=1S/C19H20FNO5/c1-13(19(23)25-12-11-24-2)26-17-9-3-14(4-10-17)18(22)21-16-7-5-15(20)6-8-16/h3-10,13H,11-12H2,1-2H3,(H,21,22). The second kappa shape index (κ2) is 9.53. The molecular weight excluding hydrogens is 341 g/mol. The van der Waals surface area contributed by atoms with Crippen LogP contribution in [-0.4, -0.2) is 38.3 Å². The summed E-state index contributed by atoms with van der Waals surface area (Å²) in [5.74, 6) is -0.783. The summed E-state index contributed by atoms with van der Waals surface area (Å²) in [6.07, 6.45) is -0.786. The number of hydrogen-bond acceptors (Lipinski definition) is 5. The van der Waals surface area contributed by atoms with Crippen LogP contribution in [0.1, 0.15) is 17.3 Å². The topological polar surface area (TPSA) is 73.9 Å². The minimum absolute atomic E-state index is 0.158. The Kier molecular flexibility index (Phi) is 7.11. The lowest BCUT2D eigenvalue weighted by molar-refractivity contribution is -0.152. The Hall–Kier alpha value is -2.93. The second-order valence-corrected chi connectivity index (χ2v) is 5.41. The van der Waals surface area contributed by atoms with Crippen molar-refractivity contribution in [2.45, 2.75) is 13.0 Å². The van der Waals surface area contributed by atoms with Gasteiger partial charge in [-0.25, -0.2) is 9.18 Å². The summed E-state index contributed by atoms with van der Waals surface area (Å²) in [5.41, 5.74) is 0.890. The zero-order chi connectivity index (χ0) is 18.9. The number of carbonyl (C=O) groups is 2. The van der Waals surface area contributed by atoms with Crippen molar-refractivity contribution in [2.24, 2.45) is 0 Å². The predicted octanol–water partition coefficient (Wildman–Crippen LogP) is 3.03. The number of nitrogens with one attached hydrogen (secondary N) is 1. The minimum Gasteiger partial charge on any atom is -0.479 e. The van der Waals surface area contributed by atoms with E-state index in [1.165, 1.54) is 31.4 Å². The number of ether oxygens (including phenoxy) is 3. The van der Waals surface area contributed by atoms with Gasteiger partial charge in [0, 0.05) is 18.4 Å². The molecule has 0 bridgehead atoms. The predicted molar refractivity (Wildman–Crippen MR) is 93.7 cm³/mol. The number of esters is 1. The monoisotopic (exact) mass is 361 g/mol. The van der Waals surface area contributed by atoms with Gasteiger partial charge in [0.05, 0.1) is 6.61 Å². The van der Waals surface area contributed by atoms with Crippen molar-refractivity contribution >= 4 is 17.6 Å². The van der Waals surface area contributed by atoms with Crippen molar-refractivity contribution in [2.75, 3.05) is 25.6 Å². The zero-order valence-electron chi connectivity index (χ0n) is 14.5. The Morgan fingerprint density at radius 1 is 1.04 bits per heavy atom. The Morgan fingerprint density at radius 3 is 2.31 bits per heavy atom. The van der Waals surface area contributed by atoms with Crippen molar-refractivity contribution < 1.29 is 28.2 Å². The van der Waals surface area contributed by atoms with Crippen LogP contribution >= 0.6 is 0 Å². The normalized spacial score (nSPS) is 11.5. The molecule has 1 amide bonds. The van der Waals surface area contributed by atoms with Gasteiger partial charge in [0.15, 0.2) is 6.10 Å². The van der Waals surface area contributed by atoms with Gasteiger partial charge in [0.25, 0.3) is 5.91 Å². The SMILES string of the molecule is COCCOC(=O)C(C)Oc1ccc(C(=O)Nc2ccc(F)cc2)cc1. The van der Waals surface area contributed by atoms with Gasteiger partial charge >= 0.3 is 5.97 Å². The molecule has 2 aromatic rings. The maximum atomic E-state index is 12.9. The molecule has 0 aliphatic heterocycles. The molecule has 0 saturated carbocycles. The van der Waals surface area contributed by atoms with E-state index in [0.29, 0.717) is 23.6 Å². The average Bonchev–Trinajstić information content (AvgIpc) is 2.64. The lowest BCUT2D eigenvalue weighted by atomic mass is 10.2. The molecule has 2 rings (SSSR count). The van der Waals surface area contributed by atoms with Gasteiger partial charge in [-0.2, -0.15) is 0 Å². The quantitative estimate of drug-likeness (QED) is 0.578. The summed E-state index contributed by atoms with van der Waals surface area (Å²) in [6, 6.07) is 11.8. The van der Waals surface area contributed by atoms with Crippen molar-refractivity contribution in [1.82, 2.24) is 0 Å². The first-order valence-corrected chi connectivity index (χ1v) is 7.99. The fourth-order valence-electron chi connectivity index (χ4n) is 2.02. The molecule has 26 heavy (non-hydrogen) atoms. The van der Waals surface area contributed by atoms with Crippen LogP contribution in [0.15, 0.2) is 48.5 Å². The van der Waals surface area contributed by atoms with E-state index in [1.54, 1.807) is 31.2 Å². The molecule has 0 heterocycles. The summed E-state index contributed by atoms with van der Waals surface area (Å²) in [7, 11) is 1.52. The van der Waals surface area contributed by atoms with Crippen LogP contribution < -0.4 is 10.1 Å². The van der Waals surface area contributed by atoms with Crippen LogP contribution in [0.4, 0.5) is 10.1 Å². The van der Waals surface area contributed by atoms with Gasteiger partial charge in [-0.05, 0) is 55.5 Å². The van der Waals surface area contributed by atoms with Crippen molar-refractivity contribution in [3.8, 4) is 5.75 Å². The molecule has 1 N–H and O–H groups in total. The molecule has 0 spiro atoms. The Balaban J connectivity index is 1.89. The first kappa shape index (κ1) is 19.4. The van der Waals surface area contributed by atoms with E-state index < -0.39 is 12.1 Å². The van der Waals surface area contributed by atoms with Crippen LogP contribution in [0, 0.1) is 5.82 Å². The van der Waals surface area contributed by atoms with Gasteiger partial charge in [-0.3, -0.25) is 4.79 Å². The van der Waals surface area contributed by atoms with Crippen molar-refractivity contribution in [3.63, 3.8) is 0 Å². The minimum atomic E-state index is -0.786. The Morgan fingerprint density at radius 2 is 1.69 bits per heavy atom. The number of halogens is 1. The molecule has 0 aromatic heterocycles. The molecule has 138 valence electrons. The van der Waals surface area contributed by atoms with Gasteiger partial charge in [0.1, 0.15) is 18.2 Å². The molecule has 2 aromatic carbocycles. The van der Waals surface area contributed by atoms with Gasteiger partial charge in [0.2, 0.25) is 0 Å². The van der Waals surface area contributed by atoms with E-state index in [9.17, 15) is 14.0 Å². The fraction of sp³-hybridized carbons (Fsp3) is 0.263. The number of amides is 1. The van der Waals surface area contributed by atoms with E-state index >= 15 is 0 Å². The maximum absolute atomic E-state index is 12.9. The highest BCUT2D eigenvalue weighted by molar-refractivity contribution is 6.04. The van der Waals surface area contributed by atoms with Crippen molar-refractivity contribution in [3.05, 3.63) is 59.9 Å². The molecule has 0 radical (unpaired) electrons. The van der Waals surface area contributed by atoms with Crippen LogP contribution in [0.2, 0.25) is 0 Å². The number of benzene rings is 2. The maximum Gasteiger partial charge on any atom is 0.347 e. The van der Waals surface area contributed by atoms with Gasteiger partial charge in [-0.15, -0.1) is 0 Å². The largest absolute Gasteiger partial charge is 0.479 e. The summed E-state index contributed by atoms with van der Waals surface area (Å²) in [6.45, 7) is 2.05. The number of carbonyl (C=O) groups excluding carboxylic acids is 2. The van der Waals surface area contributed by atoms with Crippen LogP contribution in [-0.2, 0) is 14.3 Å². The van der Waals surface area contributed by atoms with Crippen LogP contribution in [0.25, 0.3) is 0 Å².